The van der Waals surface area contributed by atoms with Gasteiger partial charge in [0, 0.05) is 13.1 Å². The second kappa shape index (κ2) is 7.89. The number of para-hydroxylation sites is 1. The average molecular weight is 356 g/mol. The predicted molar refractivity (Wildman–Crippen MR) is 88.8 cm³/mol. The van der Waals surface area contributed by atoms with Gasteiger partial charge in [0.05, 0.1) is 23.1 Å². The van der Waals surface area contributed by atoms with Gasteiger partial charge in [0.25, 0.3) is 0 Å². The van der Waals surface area contributed by atoms with Gasteiger partial charge < -0.3 is 10.2 Å². The minimum atomic E-state index is -4.54. The van der Waals surface area contributed by atoms with Gasteiger partial charge in [-0.05, 0) is 31.4 Å². The molecule has 0 saturated heterocycles. The Morgan fingerprint density at radius 3 is 2.28 bits per heavy atom. The summed E-state index contributed by atoms with van der Waals surface area (Å²) in [6.45, 7) is 5.21. The number of alkyl halides is 3. The summed E-state index contributed by atoms with van der Waals surface area (Å²) in [6, 6.07) is 4.86. The Morgan fingerprint density at radius 1 is 1.12 bits per heavy atom. The Labute approximate surface area is 145 Å². The van der Waals surface area contributed by atoms with Crippen molar-refractivity contribution < 1.29 is 22.8 Å². The number of nitrogens with zero attached hydrogens (tertiary/aromatic N) is 1. The molecule has 7 heteroatoms. The van der Waals surface area contributed by atoms with Crippen LogP contribution in [0.5, 0.6) is 0 Å². The molecule has 0 spiro atoms. The summed E-state index contributed by atoms with van der Waals surface area (Å²) in [5.41, 5.74) is -1.15. The first-order valence-corrected chi connectivity index (χ1v) is 8.55. The number of hydrogen-bond donors (Lipinski definition) is 1. The minimum Gasteiger partial charge on any atom is -0.342 e. The van der Waals surface area contributed by atoms with Crippen LogP contribution in [0.1, 0.15) is 38.7 Å². The van der Waals surface area contributed by atoms with Crippen molar-refractivity contribution in [2.75, 3.05) is 18.4 Å². The van der Waals surface area contributed by atoms with E-state index in [1.165, 1.54) is 18.2 Å². The van der Waals surface area contributed by atoms with Gasteiger partial charge in [0.2, 0.25) is 11.8 Å². The predicted octanol–water partition coefficient (Wildman–Crippen LogP) is 3.93. The summed E-state index contributed by atoms with van der Waals surface area (Å²) >= 11 is 0. The van der Waals surface area contributed by atoms with Gasteiger partial charge in [-0.15, -0.1) is 0 Å². The summed E-state index contributed by atoms with van der Waals surface area (Å²) < 4.78 is 39.0. The normalized spacial score (nSPS) is 19.4. The fourth-order valence-electron chi connectivity index (χ4n) is 2.93. The second-order valence-electron chi connectivity index (χ2n) is 6.31. The van der Waals surface area contributed by atoms with Crippen molar-refractivity contribution in [1.82, 2.24) is 4.90 Å². The lowest BCUT2D eigenvalue weighted by molar-refractivity contribution is -0.137. The summed E-state index contributed by atoms with van der Waals surface area (Å²) in [7, 11) is 0. The zero-order valence-electron chi connectivity index (χ0n) is 14.4. The monoisotopic (exact) mass is 356 g/mol. The van der Waals surface area contributed by atoms with Crippen LogP contribution in [0.25, 0.3) is 0 Å². The van der Waals surface area contributed by atoms with E-state index in [2.05, 4.69) is 5.32 Å². The Kier molecular flexibility index (Phi) is 6.08. The maximum Gasteiger partial charge on any atom is 0.418 e. The molecule has 1 aromatic carbocycles. The number of anilines is 1. The Morgan fingerprint density at radius 2 is 1.72 bits per heavy atom. The molecule has 0 bridgehead atoms. The van der Waals surface area contributed by atoms with E-state index in [4.69, 9.17) is 0 Å². The third-order valence-electron chi connectivity index (χ3n) is 4.23. The van der Waals surface area contributed by atoms with E-state index >= 15 is 0 Å². The summed E-state index contributed by atoms with van der Waals surface area (Å²) in [6.07, 6.45) is -2.49. The van der Waals surface area contributed by atoms with Gasteiger partial charge in [0.15, 0.2) is 0 Å². The molecular formula is C18H23F3N2O2. The summed E-state index contributed by atoms with van der Waals surface area (Å²) in [5, 5.41) is 2.34. The molecule has 0 heterocycles. The average Bonchev–Trinajstić information content (AvgIpc) is 3.34. The third-order valence-corrected chi connectivity index (χ3v) is 4.23. The quantitative estimate of drug-likeness (QED) is 0.805. The highest BCUT2D eigenvalue weighted by atomic mass is 19.4. The van der Waals surface area contributed by atoms with Crippen molar-refractivity contribution in [2.24, 2.45) is 11.8 Å². The first kappa shape index (κ1) is 19.3. The highest BCUT2D eigenvalue weighted by Gasteiger charge is 2.49. The molecule has 0 aromatic heterocycles. The summed E-state index contributed by atoms with van der Waals surface area (Å²) in [4.78, 5) is 26.4. The van der Waals surface area contributed by atoms with Gasteiger partial charge in [-0.3, -0.25) is 9.59 Å². The number of carbonyl (C=O) groups excluding carboxylic acids is 2. The second-order valence-corrected chi connectivity index (χ2v) is 6.31. The topological polar surface area (TPSA) is 49.4 Å². The van der Waals surface area contributed by atoms with Gasteiger partial charge in [0.1, 0.15) is 0 Å². The van der Waals surface area contributed by atoms with E-state index < -0.39 is 29.5 Å². The molecule has 138 valence electrons. The molecule has 0 radical (unpaired) electrons. The smallest absolute Gasteiger partial charge is 0.342 e. The molecule has 25 heavy (non-hydrogen) atoms. The van der Waals surface area contributed by atoms with Gasteiger partial charge in [-0.1, -0.05) is 26.0 Å². The number of benzene rings is 1. The van der Waals surface area contributed by atoms with Crippen LogP contribution in [0.3, 0.4) is 0 Å². The van der Waals surface area contributed by atoms with E-state index in [9.17, 15) is 22.8 Å². The van der Waals surface area contributed by atoms with Crippen molar-refractivity contribution in [3.63, 3.8) is 0 Å². The SMILES string of the molecule is CCCN(CCC)C(=O)C1CC1C(=O)Nc1ccccc1C(F)(F)F. The maximum absolute atomic E-state index is 13.0. The molecule has 4 nitrogen and oxygen atoms in total. The molecule has 1 aliphatic carbocycles. The number of carbonyl (C=O) groups is 2. The van der Waals surface area contributed by atoms with Crippen molar-refractivity contribution in [3.05, 3.63) is 29.8 Å². The van der Waals surface area contributed by atoms with E-state index in [0.717, 1.165) is 18.9 Å². The number of halogens is 3. The van der Waals surface area contributed by atoms with Crippen LogP contribution in [-0.2, 0) is 15.8 Å². The lowest BCUT2D eigenvalue weighted by Crippen LogP contribution is -2.34. The van der Waals surface area contributed by atoms with Crippen LogP contribution < -0.4 is 5.32 Å². The van der Waals surface area contributed by atoms with E-state index in [-0.39, 0.29) is 11.6 Å². The standard InChI is InChI=1S/C18H23F3N2O2/c1-3-9-23(10-4-2)17(25)13-11-12(13)16(24)22-15-8-6-5-7-14(15)18(19,20)21/h5-8,12-13H,3-4,9-11H2,1-2H3,(H,22,24). The molecule has 1 fully saturated rings. The molecule has 2 unspecified atom stereocenters. The lowest BCUT2D eigenvalue weighted by Gasteiger charge is -2.21. The van der Waals surface area contributed by atoms with E-state index in [0.29, 0.717) is 19.5 Å². The molecule has 1 aromatic rings. The first-order chi connectivity index (χ1) is 11.8. The maximum atomic E-state index is 13.0. The van der Waals surface area contributed by atoms with Gasteiger partial charge in [-0.25, -0.2) is 0 Å². The molecule has 2 amide bonds. The van der Waals surface area contributed by atoms with Crippen molar-refractivity contribution in [3.8, 4) is 0 Å². The first-order valence-electron chi connectivity index (χ1n) is 8.55. The van der Waals surface area contributed by atoms with Crippen LogP contribution in [0.15, 0.2) is 24.3 Å². The van der Waals surface area contributed by atoms with E-state index in [1.54, 1.807) is 4.90 Å². The van der Waals surface area contributed by atoms with E-state index in [1.807, 2.05) is 13.8 Å². The van der Waals surface area contributed by atoms with Crippen LogP contribution in [0, 0.1) is 11.8 Å². The van der Waals surface area contributed by atoms with Gasteiger partial charge in [-0.2, -0.15) is 13.2 Å². The zero-order chi connectivity index (χ0) is 18.6. The number of hydrogen-bond acceptors (Lipinski definition) is 2. The largest absolute Gasteiger partial charge is 0.418 e. The van der Waals surface area contributed by atoms with Crippen molar-refractivity contribution in [2.45, 2.75) is 39.3 Å². The fourth-order valence-corrected chi connectivity index (χ4v) is 2.93. The van der Waals surface area contributed by atoms with Crippen LogP contribution >= 0.6 is 0 Å². The zero-order valence-corrected chi connectivity index (χ0v) is 14.4. The highest BCUT2D eigenvalue weighted by molar-refractivity contribution is 6.00. The van der Waals surface area contributed by atoms with Crippen LogP contribution in [0.4, 0.5) is 18.9 Å². The summed E-state index contributed by atoms with van der Waals surface area (Å²) in [5.74, 6) is -1.57. The molecular weight excluding hydrogens is 333 g/mol. The number of nitrogens with one attached hydrogen (secondary N) is 1. The number of rotatable bonds is 7. The van der Waals surface area contributed by atoms with Gasteiger partial charge >= 0.3 is 6.18 Å². The van der Waals surface area contributed by atoms with Crippen molar-refractivity contribution in [1.29, 1.82) is 0 Å². The third kappa shape index (κ3) is 4.74. The number of amides is 2. The Balaban J connectivity index is 2.01. The van der Waals surface area contributed by atoms with Crippen molar-refractivity contribution >= 4 is 17.5 Å². The molecule has 1 saturated carbocycles. The molecule has 2 rings (SSSR count). The minimum absolute atomic E-state index is 0.0760. The van der Waals surface area contributed by atoms with Crippen LogP contribution in [0.2, 0.25) is 0 Å². The molecule has 2 atom stereocenters. The van der Waals surface area contributed by atoms with Crippen LogP contribution in [-0.4, -0.2) is 29.8 Å². The Bertz CT molecular complexity index is 625. The Hall–Kier alpha value is -2.05. The fraction of sp³-hybridized carbons (Fsp3) is 0.556. The molecule has 1 N–H and O–H groups in total. The highest BCUT2D eigenvalue weighted by Crippen LogP contribution is 2.42. The lowest BCUT2D eigenvalue weighted by atomic mass is 10.1. The molecule has 1 aliphatic rings. The molecule has 0 aliphatic heterocycles.